The second-order valence-electron chi connectivity index (χ2n) is 7.63. The van der Waals surface area contributed by atoms with Crippen LogP contribution in [0.5, 0.6) is 0 Å². The maximum atomic E-state index is 13.5. The largest absolute Gasteiger partial charge is 0.507 e. The van der Waals surface area contributed by atoms with Crippen LogP contribution in [0.4, 0.5) is 23.2 Å². The number of aliphatic hydroxyl groups excluding tert-OH is 1. The predicted octanol–water partition coefficient (Wildman–Crippen LogP) is 5.78. The molecule has 1 fully saturated rings. The third kappa shape index (κ3) is 4.11. The van der Waals surface area contributed by atoms with E-state index in [1.807, 2.05) is 6.92 Å². The summed E-state index contributed by atoms with van der Waals surface area (Å²) in [4.78, 5) is 27.0. The van der Waals surface area contributed by atoms with Crippen molar-refractivity contribution in [1.82, 2.24) is 0 Å². The summed E-state index contributed by atoms with van der Waals surface area (Å²) in [7, 11) is 0. The topological polar surface area (TPSA) is 57.6 Å². The van der Waals surface area contributed by atoms with Crippen molar-refractivity contribution in [3.8, 4) is 0 Å². The Morgan fingerprint density at radius 3 is 2.00 bits per heavy atom. The quantitative estimate of drug-likeness (QED) is 0.236. The molecule has 0 spiro atoms. The van der Waals surface area contributed by atoms with Crippen LogP contribution in [0.25, 0.3) is 5.76 Å². The summed E-state index contributed by atoms with van der Waals surface area (Å²) in [6.45, 7) is 1.84. The molecule has 8 heteroatoms. The molecule has 1 aliphatic heterocycles. The molecule has 3 aromatic rings. The Bertz CT molecular complexity index is 1240. The number of carbonyl (C=O) groups is 2. The first-order valence-electron chi connectivity index (χ1n) is 9.88. The van der Waals surface area contributed by atoms with Gasteiger partial charge in [-0.05, 0) is 48.9 Å². The van der Waals surface area contributed by atoms with E-state index in [-0.39, 0.29) is 16.8 Å². The van der Waals surface area contributed by atoms with E-state index >= 15 is 0 Å². The molecule has 1 aliphatic rings. The zero-order valence-electron chi connectivity index (χ0n) is 17.2. The van der Waals surface area contributed by atoms with Gasteiger partial charge < -0.3 is 5.11 Å². The first-order chi connectivity index (χ1) is 15.6. The molecule has 0 aromatic heterocycles. The minimum Gasteiger partial charge on any atom is -0.507 e. The zero-order chi connectivity index (χ0) is 23.9. The van der Waals surface area contributed by atoms with E-state index in [1.54, 1.807) is 24.3 Å². The van der Waals surface area contributed by atoms with Gasteiger partial charge >= 0.3 is 6.18 Å². The number of benzene rings is 3. The number of rotatable bonds is 3. The summed E-state index contributed by atoms with van der Waals surface area (Å²) in [5, 5.41) is 11.0. The Balaban J connectivity index is 1.89. The van der Waals surface area contributed by atoms with E-state index in [4.69, 9.17) is 0 Å². The van der Waals surface area contributed by atoms with Crippen molar-refractivity contribution in [1.29, 1.82) is 0 Å². The van der Waals surface area contributed by atoms with E-state index in [9.17, 15) is 32.3 Å². The number of Topliss-reactive ketones (excluding diaryl/α,β-unsaturated/α-hetero) is 1. The third-order valence-electron chi connectivity index (χ3n) is 5.43. The number of ketones is 1. The molecule has 1 saturated heterocycles. The molecular formula is C25H17F4NO3. The Morgan fingerprint density at radius 2 is 1.45 bits per heavy atom. The minimum absolute atomic E-state index is 0.0300. The summed E-state index contributed by atoms with van der Waals surface area (Å²) in [5.74, 6) is -3.00. The smallest absolute Gasteiger partial charge is 0.416 e. The second kappa shape index (κ2) is 8.20. The van der Waals surface area contributed by atoms with Gasteiger partial charge in [0.2, 0.25) is 0 Å². The number of hydrogen-bond acceptors (Lipinski definition) is 3. The fourth-order valence-corrected chi connectivity index (χ4v) is 3.74. The van der Waals surface area contributed by atoms with Gasteiger partial charge in [-0.25, -0.2) is 4.39 Å². The van der Waals surface area contributed by atoms with Gasteiger partial charge in [-0.15, -0.1) is 0 Å². The lowest BCUT2D eigenvalue weighted by atomic mass is 9.95. The van der Waals surface area contributed by atoms with Crippen molar-refractivity contribution in [2.75, 3.05) is 4.90 Å². The first-order valence-corrected chi connectivity index (χ1v) is 9.88. The third-order valence-corrected chi connectivity index (χ3v) is 5.43. The number of anilines is 1. The molecule has 1 atom stereocenters. The highest BCUT2D eigenvalue weighted by Gasteiger charge is 2.47. The average molecular weight is 455 g/mol. The minimum atomic E-state index is -4.57. The highest BCUT2D eigenvalue weighted by atomic mass is 19.4. The Kier molecular flexibility index (Phi) is 5.53. The van der Waals surface area contributed by atoms with Gasteiger partial charge in [-0.2, -0.15) is 13.2 Å². The van der Waals surface area contributed by atoms with Crippen molar-refractivity contribution in [3.05, 3.63) is 106 Å². The number of aryl methyl sites for hydroxylation is 1. The molecule has 4 rings (SSSR count). The SMILES string of the molecule is Cc1ccc(/C(O)=C2\C(=O)C(=O)N(c3ccc(C(F)(F)F)cc3)C2c2ccc(F)cc2)cc1. The molecule has 0 aliphatic carbocycles. The summed E-state index contributed by atoms with van der Waals surface area (Å²) >= 11 is 0. The Hall–Kier alpha value is -3.94. The van der Waals surface area contributed by atoms with Crippen LogP contribution in [0.1, 0.15) is 28.3 Å². The van der Waals surface area contributed by atoms with Crippen molar-refractivity contribution in [2.45, 2.75) is 19.1 Å². The fraction of sp³-hybridized carbons (Fsp3) is 0.120. The van der Waals surface area contributed by atoms with E-state index in [0.29, 0.717) is 5.56 Å². The molecular weight excluding hydrogens is 438 g/mol. The van der Waals surface area contributed by atoms with Crippen molar-refractivity contribution >= 4 is 23.1 Å². The average Bonchev–Trinajstić information content (AvgIpc) is 3.04. The highest BCUT2D eigenvalue weighted by Crippen LogP contribution is 2.42. The normalized spacial score (nSPS) is 18.1. The number of alkyl halides is 3. The van der Waals surface area contributed by atoms with Crippen LogP contribution in [0.2, 0.25) is 0 Å². The number of aliphatic hydroxyl groups is 1. The first kappa shape index (κ1) is 22.3. The van der Waals surface area contributed by atoms with Gasteiger partial charge in [-0.3, -0.25) is 14.5 Å². The Morgan fingerprint density at radius 1 is 0.879 bits per heavy atom. The van der Waals surface area contributed by atoms with Gasteiger partial charge in [0.25, 0.3) is 11.7 Å². The summed E-state index contributed by atoms with van der Waals surface area (Å²) < 4.78 is 52.5. The monoisotopic (exact) mass is 455 g/mol. The fourth-order valence-electron chi connectivity index (χ4n) is 3.74. The standard InChI is InChI=1S/C25H17F4NO3/c1-14-2-4-16(5-3-14)22(31)20-21(15-6-10-18(26)11-7-15)30(24(33)23(20)32)19-12-8-17(9-13-19)25(27,28)29/h2-13,21,31H,1H3/b22-20+. The van der Waals surface area contributed by atoms with Crippen LogP contribution in [0.15, 0.2) is 78.4 Å². The molecule has 0 radical (unpaired) electrons. The lowest BCUT2D eigenvalue weighted by Gasteiger charge is -2.25. The molecule has 1 unspecified atom stereocenters. The second-order valence-corrected chi connectivity index (χ2v) is 7.63. The molecule has 1 N–H and O–H groups in total. The lowest BCUT2D eigenvalue weighted by Crippen LogP contribution is -2.29. The van der Waals surface area contributed by atoms with Crippen LogP contribution in [-0.4, -0.2) is 16.8 Å². The molecule has 3 aromatic carbocycles. The van der Waals surface area contributed by atoms with Gasteiger partial charge in [0, 0.05) is 11.3 Å². The summed E-state index contributed by atoms with van der Waals surface area (Å²) in [6.07, 6.45) is -4.57. The van der Waals surface area contributed by atoms with Crippen LogP contribution >= 0.6 is 0 Å². The number of nitrogens with zero attached hydrogens (tertiary/aromatic N) is 1. The molecule has 33 heavy (non-hydrogen) atoms. The van der Waals surface area contributed by atoms with Gasteiger partial charge in [0.05, 0.1) is 17.2 Å². The van der Waals surface area contributed by atoms with E-state index < -0.39 is 41.0 Å². The molecule has 0 saturated carbocycles. The maximum absolute atomic E-state index is 13.5. The summed E-state index contributed by atoms with van der Waals surface area (Å²) in [6, 6.07) is 14.2. The lowest BCUT2D eigenvalue weighted by molar-refractivity contribution is -0.137. The van der Waals surface area contributed by atoms with Crippen LogP contribution in [0, 0.1) is 12.7 Å². The van der Waals surface area contributed by atoms with E-state index in [2.05, 4.69) is 0 Å². The molecule has 168 valence electrons. The van der Waals surface area contributed by atoms with Gasteiger partial charge in [-0.1, -0.05) is 42.0 Å². The Labute approximate surface area is 186 Å². The van der Waals surface area contributed by atoms with Crippen molar-refractivity contribution in [2.24, 2.45) is 0 Å². The van der Waals surface area contributed by atoms with E-state index in [0.717, 1.165) is 46.9 Å². The predicted molar refractivity (Wildman–Crippen MR) is 114 cm³/mol. The molecule has 4 nitrogen and oxygen atoms in total. The van der Waals surface area contributed by atoms with Crippen LogP contribution < -0.4 is 4.90 Å². The van der Waals surface area contributed by atoms with Crippen molar-refractivity contribution in [3.63, 3.8) is 0 Å². The van der Waals surface area contributed by atoms with Crippen LogP contribution in [-0.2, 0) is 15.8 Å². The zero-order valence-corrected chi connectivity index (χ0v) is 17.2. The maximum Gasteiger partial charge on any atom is 0.416 e. The number of halogens is 4. The highest BCUT2D eigenvalue weighted by molar-refractivity contribution is 6.51. The molecule has 1 amide bonds. The van der Waals surface area contributed by atoms with Gasteiger partial charge in [0.1, 0.15) is 11.6 Å². The van der Waals surface area contributed by atoms with Crippen LogP contribution in [0.3, 0.4) is 0 Å². The molecule has 1 heterocycles. The van der Waals surface area contributed by atoms with Crippen molar-refractivity contribution < 1.29 is 32.3 Å². The molecule has 0 bridgehead atoms. The summed E-state index contributed by atoms with van der Waals surface area (Å²) in [5.41, 5.74) is 0.382. The van der Waals surface area contributed by atoms with E-state index in [1.165, 1.54) is 12.1 Å². The number of carbonyl (C=O) groups excluding carboxylic acids is 2. The van der Waals surface area contributed by atoms with Gasteiger partial charge in [0.15, 0.2) is 0 Å². The number of hydrogen-bond donors (Lipinski definition) is 1. The number of amides is 1.